The average Bonchev–Trinajstić information content (AvgIpc) is 2.88. The average molecular weight is 421 g/mol. The summed E-state index contributed by atoms with van der Waals surface area (Å²) in [6.45, 7) is -2.88. The van der Waals surface area contributed by atoms with Crippen LogP contribution in [0.4, 0.5) is 22.0 Å². The minimum atomic E-state index is -4.72. The van der Waals surface area contributed by atoms with Crippen molar-refractivity contribution in [2.45, 2.75) is 31.2 Å². The standard InChI is InChI=1S/C18H14ClF5N2O2/c19-12-4-1-3-11-14(12)27-6-2-5-17(11)9-26-8-10(18(22,23)24)7-13(15(26)25-17)28-16(20)21/h1,3-4,7-8,16H,2,5-6,9H2. The van der Waals surface area contributed by atoms with E-state index in [9.17, 15) is 22.0 Å². The first-order valence-electron chi connectivity index (χ1n) is 8.44. The quantitative estimate of drug-likeness (QED) is 0.631. The molecule has 10 heteroatoms. The van der Waals surface area contributed by atoms with Crippen LogP contribution in [0, 0.1) is 0 Å². The Morgan fingerprint density at radius 1 is 1.29 bits per heavy atom. The molecule has 4 rings (SSSR count). The van der Waals surface area contributed by atoms with Crippen LogP contribution < -0.4 is 4.74 Å². The summed E-state index contributed by atoms with van der Waals surface area (Å²) in [7, 11) is 0. The molecule has 1 aromatic carbocycles. The first-order valence-corrected chi connectivity index (χ1v) is 8.82. The number of nitrogens with zero attached hydrogens (tertiary/aromatic N) is 2. The van der Waals surface area contributed by atoms with Gasteiger partial charge in [-0.1, -0.05) is 23.7 Å². The molecule has 0 amide bonds. The third-order valence-electron chi connectivity index (χ3n) is 4.82. The maximum Gasteiger partial charge on any atom is 0.417 e. The van der Waals surface area contributed by atoms with Crippen molar-refractivity contribution in [2.24, 2.45) is 4.99 Å². The molecule has 0 saturated heterocycles. The van der Waals surface area contributed by atoms with Gasteiger partial charge in [-0.15, -0.1) is 0 Å². The predicted molar refractivity (Wildman–Crippen MR) is 91.3 cm³/mol. The SMILES string of the molecule is FC(F)OC1=CC(C(F)(F)F)=CN2CC3(CCCOc4c(Cl)cccc43)N=C12. The van der Waals surface area contributed by atoms with E-state index in [1.165, 1.54) is 4.90 Å². The van der Waals surface area contributed by atoms with Gasteiger partial charge >= 0.3 is 12.8 Å². The molecule has 4 nitrogen and oxygen atoms in total. The van der Waals surface area contributed by atoms with Gasteiger partial charge in [0.1, 0.15) is 11.3 Å². The van der Waals surface area contributed by atoms with Gasteiger partial charge in [-0.25, -0.2) is 0 Å². The van der Waals surface area contributed by atoms with E-state index in [0.717, 1.165) is 6.20 Å². The Labute approximate surface area is 161 Å². The first-order chi connectivity index (χ1) is 13.2. The Morgan fingerprint density at radius 2 is 2.07 bits per heavy atom. The lowest BCUT2D eigenvalue weighted by atomic mass is 9.86. The monoisotopic (exact) mass is 420 g/mol. The lowest BCUT2D eigenvalue weighted by molar-refractivity contribution is -0.0981. The van der Waals surface area contributed by atoms with Crippen molar-refractivity contribution >= 4 is 17.4 Å². The molecular formula is C18H14ClF5N2O2. The Morgan fingerprint density at radius 3 is 2.79 bits per heavy atom. The van der Waals surface area contributed by atoms with E-state index in [4.69, 9.17) is 16.3 Å². The highest BCUT2D eigenvalue weighted by molar-refractivity contribution is 6.32. The minimum absolute atomic E-state index is 0.0303. The third kappa shape index (κ3) is 3.21. The van der Waals surface area contributed by atoms with Crippen LogP contribution in [0.1, 0.15) is 18.4 Å². The zero-order valence-electron chi connectivity index (χ0n) is 14.3. The number of aliphatic imine (C=N–C) groups is 1. The second kappa shape index (κ2) is 6.65. The van der Waals surface area contributed by atoms with Gasteiger partial charge in [-0.05, 0) is 25.0 Å². The molecule has 0 aromatic heterocycles. The number of rotatable bonds is 2. The number of allylic oxidation sites excluding steroid dienone is 2. The third-order valence-corrected chi connectivity index (χ3v) is 5.12. The van der Waals surface area contributed by atoms with Crippen molar-refractivity contribution in [3.63, 3.8) is 0 Å². The van der Waals surface area contributed by atoms with E-state index in [1.807, 2.05) is 0 Å². The molecule has 1 atom stereocenters. The van der Waals surface area contributed by atoms with Gasteiger partial charge in [0.05, 0.1) is 23.7 Å². The zero-order chi connectivity index (χ0) is 20.1. The maximum atomic E-state index is 13.2. The van der Waals surface area contributed by atoms with Crippen LogP contribution in [-0.4, -0.2) is 36.7 Å². The molecule has 28 heavy (non-hydrogen) atoms. The fourth-order valence-corrected chi connectivity index (χ4v) is 3.92. The van der Waals surface area contributed by atoms with Gasteiger partial charge in [-0.2, -0.15) is 22.0 Å². The van der Waals surface area contributed by atoms with E-state index in [2.05, 4.69) is 9.73 Å². The van der Waals surface area contributed by atoms with Crippen molar-refractivity contribution in [1.82, 2.24) is 4.90 Å². The summed E-state index contributed by atoms with van der Waals surface area (Å²) < 4.78 is 75.4. The Bertz CT molecular complexity index is 896. The topological polar surface area (TPSA) is 34.1 Å². The summed E-state index contributed by atoms with van der Waals surface area (Å²) in [6.07, 6.45) is -2.28. The molecule has 0 bridgehead atoms. The van der Waals surface area contributed by atoms with E-state index in [0.29, 0.717) is 41.9 Å². The molecule has 150 valence electrons. The number of benzene rings is 1. The van der Waals surface area contributed by atoms with Crippen LogP contribution in [0.15, 0.2) is 46.8 Å². The van der Waals surface area contributed by atoms with Gasteiger partial charge in [0, 0.05) is 11.8 Å². The van der Waals surface area contributed by atoms with Gasteiger partial charge in [-0.3, -0.25) is 4.99 Å². The van der Waals surface area contributed by atoms with Crippen LogP contribution in [0.2, 0.25) is 5.02 Å². The second-order valence-corrected chi connectivity index (χ2v) is 7.04. The van der Waals surface area contributed by atoms with Crippen molar-refractivity contribution in [3.8, 4) is 5.75 Å². The number of alkyl halides is 5. The molecule has 0 fully saturated rings. The van der Waals surface area contributed by atoms with Crippen molar-refractivity contribution < 1.29 is 31.4 Å². The van der Waals surface area contributed by atoms with Crippen molar-refractivity contribution in [3.05, 3.63) is 52.4 Å². The Kier molecular flexibility index (Phi) is 4.52. The number of amidine groups is 1. The van der Waals surface area contributed by atoms with E-state index < -0.39 is 29.7 Å². The summed E-state index contributed by atoms with van der Waals surface area (Å²) in [4.78, 5) is 5.76. The van der Waals surface area contributed by atoms with Crippen molar-refractivity contribution in [2.75, 3.05) is 13.2 Å². The van der Waals surface area contributed by atoms with E-state index >= 15 is 0 Å². The van der Waals surface area contributed by atoms with Crippen LogP contribution in [0.3, 0.4) is 0 Å². The molecular weight excluding hydrogens is 407 g/mol. The number of hydrogen-bond donors (Lipinski definition) is 0. The number of para-hydroxylation sites is 1. The molecule has 0 radical (unpaired) electrons. The normalized spacial score (nSPS) is 24.1. The summed E-state index contributed by atoms with van der Waals surface area (Å²) in [6, 6.07) is 5.07. The first kappa shape index (κ1) is 19.0. The molecule has 0 saturated carbocycles. The molecule has 3 heterocycles. The second-order valence-electron chi connectivity index (χ2n) is 6.63. The maximum absolute atomic E-state index is 13.2. The molecule has 1 spiro atoms. The fraction of sp³-hybridized carbons (Fsp3) is 0.389. The number of fused-ring (bicyclic) bond motifs is 3. The highest BCUT2D eigenvalue weighted by Gasteiger charge is 2.47. The summed E-state index contributed by atoms with van der Waals surface area (Å²) in [5.74, 6) is -0.275. The van der Waals surface area contributed by atoms with Gasteiger partial charge in [0.25, 0.3) is 0 Å². The van der Waals surface area contributed by atoms with E-state index in [-0.39, 0.29) is 12.4 Å². The molecule has 1 aromatic rings. The summed E-state index contributed by atoms with van der Waals surface area (Å²) in [5.41, 5.74) is -1.46. The van der Waals surface area contributed by atoms with Crippen molar-refractivity contribution in [1.29, 1.82) is 0 Å². The highest BCUT2D eigenvalue weighted by Crippen LogP contribution is 2.47. The van der Waals surface area contributed by atoms with Crippen LogP contribution in [0.5, 0.6) is 5.75 Å². The van der Waals surface area contributed by atoms with Crippen LogP contribution >= 0.6 is 11.6 Å². The Balaban J connectivity index is 1.83. The lowest BCUT2D eigenvalue weighted by Gasteiger charge is -2.28. The van der Waals surface area contributed by atoms with Crippen LogP contribution in [-0.2, 0) is 10.3 Å². The molecule has 3 aliphatic heterocycles. The van der Waals surface area contributed by atoms with Crippen LogP contribution in [0.25, 0.3) is 0 Å². The molecule has 3 aliphatic rings. The summed E-state index contributed by atoms with van der Waals surface area (Å²) in [5, 5.41) is 0.356. The largest absolute Gasteiger partial charge is 0.492 e. The van der Waals surface area contributed by atoms with E-state index in [1.54, 1.807) is 18.2 Å². The smallest absolute Gasteiger partial charge is 0.417 e. The summed E-state index contributed by atoms with van der Waals surface area (Å²) >= 11 is 6.23. The minimum Gasteiger partial charge on any atom is -0.492 e. The number of halogens is 6. The predicted octanol–water partition coefficient (Wildman–Crippen LogP) is 5.00. The van der Waals surface area contributed by atoms with Gasteiger partial charge in [0.15, 0.2) is 11.6 Å². The molecule has 0 aliphatic carbocycles. The highest BCUT2D eigenvalue weighted by atomic mass is 35.5. The molecule has 1 unspecified atom stereocenters. The van der Waals surface area contributed by atoms with Gasteiger partial charge in [0.2, 0.25) is 0 Å². The molecule has 0 N–H and O–H groups in total. The van der Waals surface area contributed by atoms with Gasteiger partial charge < -0.3 is 14.4 Å². The fourth-order valence-electron chi connectivity index (χ4n) is 3.69. The number of hydrogen-bond acceptors (Lipinski definition) is 4. The number of ether oxygens (including phenoxy) is 2. The zero-order valence-corrected chi connectivity index (χ0v) is 15.0. The lowest BCUT2D eigenvalue weighted by Crippen LogP contribution is -2.34. The Hall–Kier alpha value is -2.29.